The third-order valence-electron chi connectivity index (χ3n) is 4.37. The van der Waals surface area contributed by atoms with Gasteiger partial charge in [0.05, 0.1) is 11.1 Å². The van der Waals surface area contributed by atoms with Crippen LogP contribution in [-0.4, -0.2) is 14.5 Å². The number of halogens is 3. The van der Waals surface area contributed by atoms with Crippen LogP contribution in [0.5, 0.6) is 0 Å². The average molecular weight is 368 g/mol. The Morgan fingerprint density at radius 3 is 2.48 bits per heavy atom. The lowest BCUT2D eigenvalue weighted by Gasteiger charge is -2.12. The summed E-state index contributed by atoms with van der Waals surface area (Å²) >= 11 is 0. The fourth-order valence-corrected chi connectivity index (χ4v) is 3.03. The van der Waals surface area contributed by atoms with Crippen molar-refractivity contribution in [2.45, 2.75) is 13.5 Å². The number of aromatic nitrogens is 3. The Balaban J connectivity index is 1.62. The van der Waals surface area contributed by atoms with Crippen molar-refractivity contribution in [2.75, 3.05) is 5.32 Å². The van der Waals surface area contributed by atoms with E-state index in [0.717, 1.165) is 12.1 Å². The summed E-state index contributed by atoms with van der Waals surface area (Å²) in [4.78, 5) is 7.98. The number of pyridine rings is 1. The molecule has 0 atom stereocenters. The summed E-state index contributed by atoms with van der Waals surface area (Å²) in [5.41, 5.74) is 1.41. The van der Waals surface area contributed by atoms with Crippen LogP contribution in [0.15, 0.2) is 55.0 Å². The molecule has 136 valence electrons. The normalized spacial score (nSPS) is 11.1. The molecule has 0 bridgehead atoms. The smallest absolute Gasteiger partial charge is 0.149 e. The van der Waals surface area contributed by atoms with Crippen LogP contribution in [0.2, 0.25) is 0 Å². The molecule has 2 heterocycles. The Kier molecular flexibility index (Phi) is 4.27. The standard InChI is InChI=1S/C20H15F3N4/c1-12-24-8-9-27(12)18-5-2-13(10-16(18)23)11-26-17-6-7-25-20-15(22)4-3-14(21)19(17)20/h2-10H,11H2,1H3,(H,25,26). The maximum Gasteiger partial charge on any atom is 0.149 e. The van der Waals surface area contributed by atoms with E-state index < -0.39 is 17.5 Å². The van der Waals surface area contributed by atoms with Crippen LogP contribution in [0.25, 0.3) is 16.6 Å². The van der Waals surface area contributed by atoms with E-state index in [9.17, 15) is 13.2 Å². The molecule has 0 saturated carbocycles. The predicted octanol–water partition coefficient (Wildman–Crippen LogP) is 4.76. The van der Waals surface area contributed by atoms with Crippen LogP contribution in [0.4, 0.5) is 18.9 Å². The maximum atomic E-state index is 14.5. The van der Waals surface area contributed by atoms with E-state index in [1.165, 1.54) is 12.3 Å². The predicted molar refractivity (Wildman–Crippen MR) is 97.2 cm³/mol. The fraction of sp³-hybridized carbons (Fsp3) is 0.100. The van der Waals surface area contributed by atoms with E-state index >= 15 is 0 Å². The number of aryl methyl sites for hydroxylation is 1. The first-order valence-corrected chi connectivity index (χ1v) is 8.30. The first-order valence-electron chi connectivity index (χ1n) is 8.30. The Hall–Kier alpha value is -3.35. The van der Waals surface area contributed by atoms with E-state index in [2.05, 4.69) is 15.3 Å². The summed E-state index contributed by atoms with van der Waals surface area (Å²) in [7, 11) is 0. The van der Waals surface area contributed by atoms with E-state index in [1.807, 2.05) is 0 Å². The lowest BCUT2D eigenvalue weighted by molar-refractivity contribution is 0.614. The van der Waals surface area contributed by atoms with Gasteiger partial charge in [-0.3, -0.25) is 4.98 Å². The monoisotopic (exact) mass is 368 g/mol. The minimum atomic E-state index is -0.596. The molecule has 4 aromatic rings. The first-order chi connectivity index (χ1) is 13.0. The highest BCUT2D eigenvalue weighted by Gasteiger charge is 2.12. The van der Waals surface area contributed by atoms with Gasteiger partial charge in [-0.05, 0) is 42.8 Å². The van der Waals surface area contributed by atoms with Gasteiger partial charge < -0.3 is 9.88 Å². The molecule has 4 rings (SSSR count). The Labute approximate surface area is 153 Å². The van der Waals surface area contributed by atoms with E-state index in [1.54, 1.807) is 42.1 Å². The highest BCUT2D eigenvalue weighted by atomic mass is 19.1. The Bertz CT molecular complexity index is 1140. The molecule has 0 aliphatic heterocycles. The zero-order chi connectivity index (χ0) is 19.0. The topological polar surface area (TPSA) is 42.7 Å². The molecule has 0 fully saturated rings. The lowest BCUT2D eigenvalue weighted by atomic mass is 10.1. The number of fused-ring (bicyclic) bond motifs is 1. The molecule has 0 saturated heterocycles. The minimum absolute atomic E-state index is 0.0443. The summed E-state index contributed by atoms with van der Waals surface area (Å²) in [6.07, 6.45) is 4.69. The van der Waals surface area contributed by atoms with Crippen molar-refractivity contribution in [3.05, 3.63) is 83.8 Å². The molecule has 0 aliphatic rings. The second-order valence-electron chi connectivity index (χ2n) is 6.10. The van der Waals surface area contributed by atoms with Crippen molar-refractivity contribution < 1.29 is 13.2 Å². The van der Waals surface area contributed by atoms with Crippen LogP contribution in [-0.2, 0) is 6.54 Å². The summed E-state index contributed by atoms with van der Waals surface area (Å²) in [6, 6.07) is 8.50. The molecule has 0 amide bonds. The van der Waals surface area contributed by atoms with Crippen molar-refractivity contribution in [1.29, 1.82) is 0 Å². The van der Waals surface area contributed by atoms with Crippen LogP contribution in [0.3, 0.4) is 0 Å². The number of benzene rings is 2. The van der Waals surface area contributed by atoms with E-state index in [0.29, 0.717) is 22.8 Å². The van der Waals surface area contributed by atoms with Gasteiger partial charge in [0.2, 0.25) is 0 Å². The molecular weight excluding hydrogens is 353 g/mol. The number of anilines is 1. The third-order valence-corrected chi connectivity index (χ3v) is 4.37. The van der Waals surface area contributed by atoms with Crippen molar-refractivity contribution in [1.82, 2.24) is 14.5 Å². The van der Waals surface area contributed by atoms with Gasteiger partial charge in [0.25, 0.3) is 0 Å². The maximum absolute atomic E-state index is 14.5. The molecule has 0 radical (unpaired) electrons. The van der Waals surface area contributed by atoms with E-state index in [-0.39, 0.29) is 17.4 Å². The van der Waals surface area contributed by atoms with Gasteiger partial charge in [0, 0.05) is 30.8 Å². The molecule has 1 N–H and O–H groups in total. The summed E-state index contributed by atoms with van der Waals surface area (Å²) in [5.74, 6) is -0.881. The van der Waals surface area contributed by atoms with Gasteiger partial charge in [-0.15, -0.1) is 0 Å². The second-order valence-corrected chi connectivity index (χ2v) is 6.10. The van der Waals surface area contributed by atoms with Crippen LogP contribution < -0.4 is 5.32 Å². The van der Waals surface area contributed by atoms with Crippen LogP contribution >= 0.6 is 0 Å². The van der Waals surface area contributed by atoms with Crippen molar-refractivity contribution in [3.8, 4) is 5.69 Å². The summed E-state index contributed by atoms with van der Waals surface area (Å²) in [5, 5.41) is 3.11. The summed E-state index contributed by atoms with van der Waals surface area (Å²) < 4.78 is 44.2. The van der Waals surface area contributed by atoms with Gasteiger partial charge in [-0.1, -0.05) is 6.07 Å². The number of rotatable bonds is 4. The van der Waals surface area contributed by atoms with Gasteiger partial charge in [0.15, 0.2) is 0 Å². The molecule has 0 unspecified atom stereocenters. The van der Waals surface area contributed by atoms with Gasteiger partial charge in [-0.2, -0.15) is 0 Å². The van der Waals surface area contributed by atoms with Gasteiger partial charge >= 0.3 is 0 Å². The fourth-order valence-electron chi connectivity index (χ4n) is 3.03. The highest BCUT2D eigenvalue weighted by Crippen LogP contribution is 2.27. The van der Waals surface area contributed by atoms with Crippen molar-refractivity contribution in [2.24, 2.45) is 0 Å². The molecule has 2 aromatic heterocycles. The third kappa shape index (κ3) is 3.12. The largest absolute Gasteiger partial charge is 0.380 e. The highest BCUT2D eigenvalue weighted by molar-refractivity contribution is 5.91. The quantitative estimate of drug-likeness (QED) is 0.565. The second kappa shape index (κ2) is 6.75. The number of nitrogens with zero attached hydrogens (tertiary/aromatic N) is 3. The molecule has 0 aliphatic carbocycles. The van der Waals surface area contributed by atoms with Crippen LogP contribution in [0, 0.1) is 24.4 Å². The first kappa shape index (κ1) is 17.1. The zero-order valence-electron chi connectivity index (χ0n) is 14.4. The number of imidazole rings is 1. The minimum Gasteiger partial charge on any atom is -0.380 e. The molecule has 0 spiro atoms. The molecule has 2 aromatic carbocycles. The SMILES string of the molecule is Cc1nccn1-c1ccc(CNc2ccnc3c(F)ccc(F)c23)cc1F. The van der Waals surface area contributed by atoms with Gasteiger partial charge in [-0.25, -0.2) is 18.2 Å². The Morgan fingerprint density at radius 1 is 0.926 bits per heavy atom. The van der Waals surface area contributed by atoms with Gasteiger partial charge in [0.1, 0.15) is 28.8 Å². The average Bonchev–Trinajstić information content (AvgIpc) is 3.09. The Morgan fingerprint density at radius 2 is 1.74 bits per heavy atom. The number of hydrogen-bond acceptors (Lipinski definition) is 3. The lowest BCUT2D eigenvalue weighted by Crippen LogP contribution is -2.04. The number of hydrogen-bond donors (Lipinski definition) is 1. The van der Waals surface area contributed by atoms with Crippen LogP contribution in [0.1, 0.15) is 11.4 Å². The van der Waals surface area contributed by atoms with Crippen molar-refractivity contribution >= 4 is 16.6 Å². The molecule has 7 heteroatoms. The zero-order valence-corrected chi connectivity index (χ0v) is 14.4. The van der Waals surface area contributed by atoms with Crippen molar-refractivity contribution in [3.63, 3.8) is 0 Å². The van der Waals surface area contributed by atoms with E-state index in [4.69, 9.17) is 0 Å². The molecule has 4 nitrogen and oxygen atoms in total. The molecular formula is C20H15F3N4. The number of nitrogens with one attached hydrogen (secondary N) is 1. The molecule has 27 heavy (non-hydrogen) atoms. The summed E-state index contributed by atoms with van der Waals surface area (Å²) in [6.45, 7) is 2.03.